The Morgan fingerprint density at radius 1 is 1.00 bits per heavy atom. The van der Waals surface area contributed by atoms with E-state index in [0.29, 0.717) is 45.4 Å². The molecule has 152 valence electrons. The van der Waals surface area contributed by atoms with E-state index in [1.807, 2.05) is 0 Å². The number of carboxylic acids is 1. The summed E-state index contributed by atoms with van der Waals surface area (Å²) in [5, 5.41) is 9.87. The molecule has 0 bridgehead atoms. The van der Waals surface area contributed by atoms with E-state index in [-0.39, 0.29) is 19.0 Å². The molecule has 2 aromatic carbocycles. The highest BCUT2D eigenvalue weighted by Gasteiger charge is 2.41. The molecule has 0 saturated carbocycles. The molecule has 0 radical (unpaired) electrons. The predicted octanol–water partition coefficient (Wildman–Crippen LogP) is 2.86. The lowest BCUT2D eigenvalue weighted by atomic mass is 9.71. The van der Waals surface area contributed by atoms with Gasteiger partial charge in [-0.15, -0.1) is 0 Å². The van der Waals surface area contributed by atoms with Crippen LogP contribution in [0.3, 0.4) is 0 Å². The number of hydrogen-bond acceptors (Lipinski definition) is 7. The Balaban J connectivity index is 1.95. The van der Waals surface area contributed by atoms with Gasteiger partial charge in [-0.25, -0.2) is 0 Å². The number of methoxy groups -OCH3 is 3. The van der Waals surface area contributed by atoms with Crippen LogP contribution in [-0.4, -0.2) is 45.0 Å². The third kappa shape index (κ3) is 3.00. The number of benzene rings is 2. The molecule has 1 aliphatic heterocycles. The van der Waals surface area contributed by atoms with Crippen molar-refractivity contribution in [2.24, 2.45) is 5.92 Å². The molecule has 0 saturated heterocycles. The quantitative estimate of drug-likeness (QED) is 0.818. The Bertz CT molecular complexity index is 971. The lowest BCUT2D eigenvalue weighted by molar-refractivity contribution is -0.142. The molecule has 0 fully saturated rings. The number of ether oxygens (including phenoxy) is 5. The topological polar surface area (TPSA) is 101 Å². The number of carbonyl (C=O) groups excluding carboxylic acids is 1. The zero-order chi connectivity index (χ0) is 20.7. The number of Topliss-reactive ketones (excluding diaryl/α,β-unsaturated/α-hetero) is 1. The molecule has 2 aromatic rings. The van der Waals surface area contributed by atoms with E-state index in [9.17, 15) is 14.7 Å². The molecule has 0 unspecified atom stereocenters. The predicted molar refractivity (Wildman–Crippen MR) is 101 cm³/mol. The largest absolute Gasteiger partial charge is 0.493 e. The van der Waals surface area contributed by atoms with Crippen LogP contribution in [0, 0.1) is 5.92 Å². The second kappa shape index (κ2) is 7.20. The Morgan fingerprint density at radius 3 is 2.17 bits per heavy atom. The van der Waals surface area contributed by atoms with Crippen LogP contribution < -0.4 is 23.7 Å². The normalized spacial score (nSPS) is 19.5. The van der Waals surface area contributed by atoms with E-state index in [4.69, 9.17) is 23.7 Å². The number of rotatable bonds is 5. The van der Waals surface area contributed by atoms with Crippen LogP contribution in [-0.2, 0) is 4.79 Å². The van der Waals surface area contributed by atoms with Crippen molar-refractivity contribution in [3.8, 4) is 28.7 Å². The summed E-state index contributed by atoms with van der Waals surface area (Å²) in [6, 6.07) is 6.75. The van der Waals surface area contributed by atoms with Crippen molar-refractivity contribution in [1.29, 1.82) is 0 Å². The third-order valence-electron chi connectivity index (χ3n) is 5.35. The highest BCUT2D eigenvalue weighted by Crippen LogP contribution is 2.49. The van der Waals surface area contributed by atoms with E-state index in [1.165, 1.54) is 21.3 Å². The van der Waals surface area contributed by atoms with Crippen LogP contribution in [0.15, 0.2) is 24.3 Å². The van der Waals surface area contributed by atoms with Crippen molar-refractivity contribution < 1.29 is 38.4 Å². The van der Waals surface area contributed by atoms with Crippen molar-refractivity contribution in [3.05, 3.63) is 41.0 Å². The van der Waals surface area contributed by atoms with Gasteiger partial charge in [-0.1, -0.05) is 0 Å². The first-order valence-electron chi connectivity index (χ1n) is 8.98. The molecular weight excluding hydrogens is 380 g/mol. The van der Waals surface area contributed by atoms with Gasteiger partial charge in [0, 0.05) is 17.9 Å². The smallest absolute Gasteiger partial charge is 0.307 e. The van der Waals surface area contributed by atoms with E-state index in [0.717, 1.165) is 0 Å². The van der Waals surface area contributed by atoms with Crippen LogP contribution in [0.2, 0.25) is 0 Å². The molecule has 0 amide bonds. The first kappa shape index (κ1) is 18.9. The minimum atomic E-state index is -1.06. The van der Waals surface area contributed by atoms with Gasteiger partial charge in [0.2, 0.25) is 12.5 Å². The maximum absolute atomic E-state index is 12.7. The van der Waals surface area contributed by atoms with Gasteiger partial charge in [-0.2, -0.15) is 0 Å². The monoisotopic (exact) mass is 400 g/mol. The van der Waals surface area contributed by atoms with Gasteiger partial charge >= 0.3 is 5.97 Å². The molecular formula is C21H20O8. The van der Waals surface area contributed by atoms with Gasteiger partial charge in [-0.05, 0) is 35.4 Å². The minimum absolute atomic E-state index is 0.0592. The molecule has 0 spiro atoms. The molecule has 29 heavy (non-hydrogen) atoms. The second-order valence-electron chi connectivity index (χ2n) is 6.80. The molecule has 1 N–H and O–H groups in total. The molecule has 8 nitrogen and oxygen atoms in total. The van der Waals surface area contributed by atoms with Crippen LogP contribution >= 0.6 is 0 Å². The number of carboxylic acid groups (broad SMARTS) is 1. The molecule has 8 heteroatoms. The van der Waals surface area contributed by atoms with Crippen molar-refractivity contribution >= 4 is 11.8 Å². The van der Waals surface area contributed by atoms with Crippen molar-refractivity contribution in [2.45, 2.75) is 12.3 Å². The highest BCUT2D eigenvalue weighted by molar-refractivity contribution is 6.02. The Hall–Kier alpha value is -3.42. The third-order valence-corrected chi connectivity index (χ3v) is 5.35. The average Bonchev–Trinajstić information content (AvgIpc) is 3.18. The first-order chi connectivity index (χ1) is 14.0. The molecule has 0 aromatic heterocycles. The zero-order valence-electron chi connectivity index (χ0n) is 16.2. The molecule has 1 aliphatic carbocycles. The maximum atomic E-state index is 12.7. The average molecular weight is 400 g/mol. The Morgan fingerprint density at radius 2 is 1.62 bits per heavy atom. The van der Waals surface area contributed by atoms with Gasteiger partial charge in [-0.3, -0.25) is 9.59 Å². The highest BCUT2D eigenvalue weighted by atomic mass is 16.7. The van der Waals surface area contributed by atoms with E-state index in [2.05, 4.69) is 0 Å². The number of ketones is 1. The first-order valence-corrected chi connectivity index (χ1v) is 8.98. The Kier molecular flexibility index (Phi) is 4.70. The van der Waals surface area contributed by atoms with Crippen LogP contribution in [0.25, 0.3) is 0 Å². The second-order valence-corrected chi connectivity index (χ2v) is 6.80. The summed E-state index contributed by atoms with van der Waals surface area (Å²) < 4.78 is 27.1. The summed E-state index contributed by atoms with van der Waals surface area (Å²) in [6.45, 7) is 0.0592. The van der Waals surface area contributed by atoms with Crippen molar-refractivity contribution in [1.82, 2.24) is 0 Å². The standard InChI is InChI=1S/C21H20O8/c1-25-17-4-10(5-18(26-2)20(17)27-3)19-12-8-16-15(28-9-29-16)7-11(12)14(22)6-13(19)21(23)24/h4-5,7-8,13,19H,6,9H2,1-3H3,(H,23,24)/t13-,19-/m1/s1. The number of aliphatic carboxylic acids is 1. The fraction of sp³-hybridized carbons (Fsp3) is 0.333. The number of fused-ring (bicyclic) bond motifs is 2. The van der Waals surface area contributed by atoms with Gasteiger partial charge in [0.05, 0.1) is 27.2 Å². The summed E-state index contributed by atoms with van der Waals surface area (Å²) in [5.41, 5.74) is 1.65. The Labute approximate surface area is 166 Å². The van der Waals surface area contributed by atoms with Gasteiger partial charge in [0.25, 0.3) is 0 Å². The van der Waals surface area contributed by atoms with Crippen LogP contribution in [0.5, 0.6) is 28.7 Å². The molecule has 1 heterocycles. The van der Waals surface area contributed by atoms with Gasteiger partial charge in [0.1, 0.15) is 0 Å². The fourth-order valence-corrected chi connectivity index (χ4v) is 4.02. The summed E-state index contributed by atoms with van der Waals surface area (Å²) in [7, 11) is 4.48. The van der Waals surface area contributed by atoms with E-state index >= 15 is 0 Å². The molecule has 2 aliphatic rings. The maximum Gasteiger partial charge on any atom is 0.307 e. The summed E-state index contributed by atoms with van der Waals surface area (Å²) in [4.78, 5) is 24.8. The lowest BCUT2D eigenvalue weighted by Gasteiger charge is -2.31. The SMILES string of the molecule is COc1cc([C@@H]2c3cc4c(cc3C(=O)C[C@H]2C(=O)O)OCO4)cc(OC)c1OC. The fourth-order valence-electron chi connectivity index (χ4n) is 4.02. The lowest BCUT2D eigenvalue weighted by Crippen LogP contribution is -2.31. The summed E-state index contributed by atoms with van der Waals surface area (Å²) in [5.74, 6) is -0.662. The van der Waals surface area contributed by atoms with E-state index < -0.39 is 17.8 Å². The van der Waals surface area contributed by atoms with Crippen LogP contribution in [0.4, 0.5) is 0 Å². The molecule has 2 atom stereocenters. The van der Waals surface area contributed by atoms with Crippen molar-refractivity contribution in [2.75, 3.05) is 28.1 Å². The summed E-state index contributed by atoms with van der Waals surface area (Å²) in [6.07, 6.45) is -0.122. The van der Waals surface area contributed by atoms with Gasteiger partial charge < -0.3 is 28.8 Å². The number of hydrogen-bond donors (Lipinski definition) is 1. The summed E-state index contributed by atoms with van der Waals surface area (Å²) >= 11 is 0. The minimum Gasteiger partial charge on any atom is -0.493 e. The van der Waals surface area contributed by atoms with Crippen molar-refractivity contribution in [3.63, 3.8) is 0 Å². The van der Waals surface area contributed by atoms with E-state index in [1.54, 1.807) is 24.3 Å². The number of carbonyl (C=O) groups is 2. The van der Waals surface area contributed by atoms with Gasteiger partial charge in [0.15, 0.2) is 28.8 Å². The molecule has 4 rings (SSSR count). The van der Waals surface area contributed by atoms with Crippen LogP contribution in [0.1, 0.15) is 33.8 Å². The zero-order valence-corrected chi connectivity index (χ0v) is 16.2.